The summed E-state index contributed by atoms with van der Waals surface area (Å²) in [7, 11) is 1.28. The number of esters is 1. The van der Waals surface area contributed by atoms with E-state index in [1.54, 1.807) is 24.3 Å². The molecule has 2 aromatic rings. The maximum absolute atomic E-state index is 12.5. The fourth-order valence-electron chi connectivity index (χ4n) is 1.97. The second-order valence-corrected chi connectivity index (χ2v) is 4.95. The molecule has 0 saturated heterocycles. The average molecular weight is 337 g/mol. The Morgan fingerprint density at radius 2 is 1.50 bits per heavy atom. The minimum absolute atomic E-state index is 0.134. The van der Waals surface area contributed by atoms with Gasteiger partial charge < -0.3 is 10.1 Å². The van der Waals surface area contributed by atoms with Crippen LogP contribution >= 0.6 is 0 Å². The predicted molar refractivity (Wildman–Crippen MR) is 80.4 cm³/mol. The van der Waals surface area contributed by atoms with Gasteiger partial charge in [-0.05, 0) is 42.0 Å². The highest BCUT2D eigenvalue weighted by molar-refractivity contribution is 5.94. The van der Waals surface area contributed by atoms with Crippen LogP contribution in [0.3, 0.4) is 0 Å². The summed E-state index contributed by atoms with van der Waals surface area (Å²) < 4.78 is 42.0. The Morgan fingerprint density at radius 3 is 2.00 bits per heavy atom. The Hall–Kier alpha value is -2.83. The Morgan fingerprint density at radius 1 is 0.958 bits per heavy atom. The van der Waals surface area contributed by atoms with Gasteiger partial charge in [0.15, 0.2) is 0 Å². The lowest BCUT2D eigenvalue weighted by molar-refractivity contribution is -0.137. The first-order valence-electron chi connectivity index (χ1n) is 6.94. The molecule has 0 bridgehead atoms. The zero-order valence-electron chi connectivity index (χ0n) is 12.7. The van der Waals surface area contributed by atoms with Crippen LogP contribution in [-0.4, -0.2) is 19.0 Å². The number of rotatable bonds is 4. The van der Waals surface area contributed by atoms with Gasteiger partial charge in [0.1, 0.15) is 0 Å². The van der Waals surface area contributed by atoms with Gasteiger partial charge in [-0.25, -0.2) is 4.79 Å². The molecule has 0 aliphatic carbocycles. The van der Waals surface area contributed by atoms with Crippen LogP contribution in [0.2, 0.25) is 0 Å². The number of amides is 1. The van der Waals surface area contributed by atoms with E-state index >= 15 is 0 Å². The van der Waals surface area contributed by atoms with Crippen LogP contribution in [-0.2, 0) is 17.5 Å². The second-order valence-electron chi connectivity index (χ2n) is 4.95. The maximum Gasteiger partial charge on any atom is 0.416 e. The lowest BCUT2D eigenvalue weighted by atomic mass is 10.1. The molecule has 4 nitrogen and oxygen atoms in total. The summed E-state index contributed by atoms with van der Waals surface area (Å²) in [4.78, 5) is 23.2. The molecule has 0 saturated carbocycles. The van der Waals surface area contributed by atoms with E-state index in [1.807, 2.05) is 0 Å². The second kappa shape index (κ2) is 7.16. The number of halogens is 3. The first kappa shape index (κ1) is 17.5. The summed E-state index contributed by atoms with van der Waals surface area (Å²) >= 11 is 0. The smallest absolute Gasteiger partial charge is 0.416 e. The number of hydrogen-bond acceptors (Lipinski definition) is 3. The number of ether oxygens (including phenoxy) is 1. The summed E-state index contributed by atoms with van der Waals surface area (Å²) in [5.41, 5.74) is 0.449. The van der Waals surface area contributed by atoms with E-state index in [4.69, 9.17) is 0 Å². The van der Waals surface area contributed by atoms with Crippen molar-refractivity contribution in [1.29, 1.82) is 0 Å². The van der Waals surface area contributed by atoms with Crippen LogP contribution in [0, 0.1) is 0 Å². The lowest BCUT2D eigenvalue weighted by Gasteiger charge is -2.09. The summed E-state index contributed by atoms with van der Waals surface area (Å²) in [6.07, 6.45) is -4.43. The van der Waals surface area contributed by atoms with Crippen LogP contribution < -0.4 is 5.32 Å². The van der Waals surface area contributed by atoms with Gasteiger partial charge in [0.2, 0.25) is 0 Å². The SMILES string of the molecule is COC(=O)c1ccc(CNC(=O)c2ccc(C(F)(F)F)cc2)cc1. The molecule has 126 valence electrons. The van der Waals surface area contributed by atoms with E-state index in [9.17, 15) is 22.8 Å². The number of carbonyl (C=O) groups excluding carboxylic acids is 2. The molecule has 1 N–H and O–H groups in total. The molecule has 7 heteroatoms. The first-order valence-corrected chi connectivity index (χ1v) is 6.94. The van der Waals surface area contributed by atoms with Crippen LogP contribution in [0.15, 0.2) is 48.5 Å². The Kier molecular flexibility index (Phi) is 5.23. The van der Waals surface area contributed by atoms with Gasteiger partial charge in [0, 0.05) is 12.1 Å². The van der Waals surface area contributed by atoms with Crippen LogP contribution in [0.5, 0.6) is 0 Å². The standard InChI is InChI=1S/C17H14F3NO3/c1-24-16(23)13-4-2-11(3-5-13)10-21-15(22)12-6-8-14(9-7-12)17(18,19)20/h2-9H,10H2,1H3,(H,21,22). The van der Waals surface area contributed by atoms with E-state index in [0.29, 0.717) is 5.56 Å². The van der Waals surface area contributed by atoms with Gasteiger partial charge in [-0.3, -0.25) is 4.79 Å². The number of benzene rings is 2. The fraction of sp³-hybridized carbons (Fsp3) is 0.176. The zero-order valence-corrected chi connectivity index (χ0v) is 12.7. The molecule has 0 heterocycles. The molecular formula is C17H14F3NO3. The fourth-order valence-corrected chi connectivity index (χ4v) is 1.97. The van der Waals surface area contributed by atoms with E-state index in [-0.39, 0.29) is 12.1 Å². The van der Waals surface area contributed by atoms with Crippen molar-refractivity contribution >= 4 is 11.9 Å². The van der Waals surface area contributed by atoms with Crippen molar-refractivity contribution in [3.63, 3.8) is 0 Å². The van der Waals surface area contributed by atoms with Gasteiger partial charge in [-0.15, -0.1) is 0 Å². The van der Waals surface area contributed by atoms with Crippen molar-refractivity contribution in [3.8, 4) is 0 Å². The summed E-state index contributed by atoms with van der Waals surface area (Å²) in [5.74, 6) is -0.948. The van der Waals surface area contributed by atoms with Crippen LogP contribution in [0.1, 0.15) is 31.8 Å². The third-order valence-electron chi connectivity index (χ3n) is 3.30. The van der Waals surface area contributed by atoms with Gasteiger partial charge >= 0.3 is 12.1 Å². The number of hydrogen-bond donors (Lipinski definition) is 1. The zero-order chi connectivity index (χ0) is 17.7. The number of nitrogens with one attached hydrogen (secondary N) is 1. The van der Waals surface area contributed by atoms with Gasteiger partial charge in [0.25, 0.3) is 5.91 Å². The molecule has 0 aliphatic rings. The molecule has 2 aromatic carbocycles. The highest BCUT2D eigenvalue weighted by Gasteiger charge is 2.30. The van der Waals surface area contributed by atoms with Crippen molar-refractivity contribution in [1.82, 2.24) is 5.32 Å². The normalized spacial score (nSPS) is 11.0. The monoisotopic (exact) mass is 337 g/mol. The van der Waals surface area contributed by atoms with Crippen LogP contribution in [0.4, 0.5) is 13.2 Å². The first-order chi connectivity index (χ1) is 11.3. The van der Waals surface area contributed by atoms with E-state index in [1.165, 1.54) is 7.11 Å². The molecule has 0 aromatic heterocycles. The molecule has 0 fully saturated rings. The van der Waals surface area contributed by atoms with Crippen molar-refractivity contribution in [2.45, 2.75) is 12.7 Å². The number of methoxy groups -OCH3 is 1. The molecule has 0 aliphatic heterocycles. The van der Waals surface area contributed by atoms with Gasteiger partial charge in [-0.1, -0.05) is 12.1 Å². The number of alkyl halides is 3. The van der Waals surface area contributed by atoms with Crippen LogP contribution in [0.25, 0.3) is 0 Å². The minimum atomic E-state index is -4.43. The molecular weight excluding hydrogens is 323 g/mol. The molecule has 0 spiro atoms. The Labute approximate surface area is 136 Å². The van der Waals surface area contributed by atoms with E-state index in [0.717, 1.165) is 29.8 Å². The largest absolute Gasteiger partial charge is 0.465 e. The topological polar surface area (TPSA) is 55.4 Å². The summed E-state index contributed by atoms with van der Waals surface area (Å²) in [6.45, 7) is 0.182. The molecule has 1 amide bonds. The minimum Gasteiger partial charge on any atom is -0.465 e. The van der Waals surface area contributed by atoms with Gasteiger partial charge in [0.05, 0.1) is 18.2 Å². The average Bonchev–Trinajstić information content (AvgIpc) is 2.58. The van der Waals surface area contributed by atoms with Crippen molar-refractivity contribution in [3.05, 3.63) is 70.8 Å². The molecule has 2 rings (SSSR count). The highest BCUT2D eigenvalue weighted by atomic mass is 19.4. The molecule has 24 heavy (non-hydrogen) atoms. The highest BCUT2D eigenvalue weighted by Crippen LogP contribution is 2.29. The predicted octanol–water partition coefficient (Wildman–Crippen LogP) is 3.42. The van der Waals surface area contributed by atoms with Crippen molar-refractivity contribution < 1.29 is 27.5 Å². The van der Waals surface area contributed by atoms with E-state index < -0.39 is 23.6 Å². The molecule has 0 radical (unpaired) electrons. The molecule has 0 unspecified atom stereocenters. The third kappa shape index (κ3) is 4.34. The maximum atomic E-state index is 12.5. The Bertz CT molecular complexity index is 722. The molecule has 0 atom stereocenters. The third-order valence-corrected chi connectivity index (χ3v) is 3.30. The van der Waals surface area contributed by atoms with Crippen molar-refractivity contribution in [2.75, 3.05) is 7.11 Å². The summed E-state index contributed by atoms with van der Waals surface area (Å²) in [5, 5.41) is 2.60. The summed E-state index contributed by atoms with van der Waals surface area (Å²) in [6, 6.07) is 10.4. The van der Waals surface area contributed by atoms with Gasteiger partial charge in [-0.2, -0.15) is 13.2 Å². The van der Waals surface area contributed by atoms with Crippen molar-refractivity contribution in [2.24, 2.45) is 0 Å². The quantitative estimate of drug-likeness (QED) is 0.870. The number of carbonyl (C=O) groups is 2. The lowest BCUT2D eigenvalue weighted by Crippen LogP contribution is -2.23. The van der Waals surface area contributed by atoms with E-state index in [2.05, 4.69) is 10.1 Å². The Balaban J connectivity index is 1.96.